The number of halogens is 3. The summed E-state index contributed by atoms with van der Waals surface area (Å²) in [6.07, 6.45) is 0. The van der Waals surface area contributed by atoms with Crippen LogP contribution in [0.3, 0.4) is 0 Å². The average molecular weight is 238 g/mol. The highest BCUT2D eigenvalue weighted by Crippen LogP contribution is 2.27. The summed E-state index contributed by atoms with van der Waals surface area (Å²) in [6.45, 7) is 5.16. The molecule has 0 heterocycles. The monoisotopic (exact) mass is 236 g/mol. The summed E-state index contributed by atoms with van der Waals surface area (Å²) in [6, 6.07) is 0. The first kappa shape index (κ1) is 12.8. The molecule has 0 spiro atoms. The van der Waals surface area contributed by atoms with E-state index in [-0.39, 0.29) is 0 Å². The summed E-state index contributed by atoms with van der Waals surface area (Å²) < 4.78 is 0. The third-order valence-corrected chi connectivity index (χ3v) is 1.77. The molecule has 74 valence electrons. The van der Waals surface area contributed by atoms with Gasteiger partial charge in [0.2, 0.25) is 0 Å². The van der Waals surface area contributed by atoms with Gasteiger partial charge in [0, 0.05) is 0 Å². The molecule has 0 aliphatic heterocycles. The first-order chi connectivity index (χ1) is 5.15. The maximum atomic E-state index is 9.11. The Morgan fingerprint density at radius 2 is 1.58 bits per heavy atom. The minimum Gasteiger partial charge on any atom is -0.349 e. The predicted molar refractivity (Wildman–Crippen MR) is 48.2 cm³/mol. The number of aliphatic hydroxyl groups is 1. The van der Waals surface area contributed by atoms with Crippen molar-refractivity contribution in [3.8, 4) is 0 Å². The molecule has 6 heteroatoms. The van der Waals surface area contributed by atoms with Gasteiger partial charge in [-0.05, 0) is 20.8 Å². The van der Waals surface area contributed by atoms with Gasteiger partial charge in [-0.3, -0.25) is 0 Å². The molecule has 0 saturated carbocycles. The fourth-order valence-corrected chi connectivity index (χ4v) is 0.324. The predicted octanol–water partition coefficient (Wildman–Crippen LogP) is 2.42. The van der Waals surface area contributed by atoms with Crippen LogP contribution in [0.15, 0.2) is 0 Å². The summed E-state index contributed by atoms with van der Waals surface area (Å²) >= 11 is 15.9. The van der Waals surface area contributed by atoms with E-state index in [9.17, 15) is 0 Å². The summed E-state index contributed by atoms with van der Waals surface area (Å²) in [5, 5.41) is 6.90. The molecule has 0 aliphatic carbocycles. The fraction of sp³-hybridized carbons (Fsp3) is 1.00. The van der Waals surface area contributed by atoms with Gasteiger partial charge in [0.05, 0.1) is 5.60 Å². The molecule has 0 aliphatic rings. The van der Waals surface area contributed by atoms with Gasteiger partial charge in [-0.2, -0.15) is 4.89 Å². The smallest absolute Gasteiger partial charge is 0.306 e. The maximum Gasteiger partial charge on any atom is 0.306 e. The third kappa shape index (κ3) is 5.41. The van der Waals surface area contributed by atoms with Crippen molar-refractivity contribution in [3.63, 3.8) is 0 Å². The molecule has 0 fully saturated rings. The second-order valence-electron chi connectivity index (χ2n) is 3.19. The maximum absolute atomic E-state index is 9.11. The number of alkyl halides is 3. The molecule has 0 rings (SSSR count). The van der Waals surface area contributed by atoms with Crippen molar-refractivity contribution in [1.29, 1.82) is 0 Å². The van der Waals surface area contributed by atoms with Gasteiger partial charge in [0.25, 0.3) is 0 Å². The lowest BCUT2D eigenvalue weighted by molar-refractivity contribution is -0.422. The van der Waals surface area contributed by atoms with Gasteiger partial charge in [0.15, 0.2) is 4.84 Å². The van der Waals surface area contributed by atoms with Gasteiger partial charge in [-0.15, -0.1) is 0 Å². The number of hydrogen-bond donors (Lipinski definition) is 1. The highest BCUT2D eigenvalue weighted by atomic mass is 35.5. The molecule has 0 saturated heterocycles. The van der Waals surface area contributed by atoms with Crippen molar-refractivity contribution in [2.45, 2.75) is 36.5 Å². The topological polar surface area (TPSA) is 38.7 Å². The molecule has 1 unspecified atom stereocenters. The lowest BCUT2D eigenvalue weighted by Gasteiger charge is -2.25. The van der Waals surface area contributed by atoms with E-state index in [1.54, 1.807) is 20.8 Å². The van der Waals surface area contributed by atoms with Gasteiger partial charge >= 0.3 is 5.25 Å². The normalized spacial score (nSPS) is 18.0. The quantitative estimate of drug-likeness (QED) is 0.355. The standard InChI is InChI=1S/C6H11Cl3O3/c1-5(2,3)11-12-6(9,10)4(7)8/h4,10H,1-3H3. The minimum absolute atomic E-state index is 0.592. The summed E-state index contributed by atoms with van der Waals surface area (Å²) in [4.78, 5) is 7.83. The molecule has 0 radical (unpaired) electrons. The molecule has 0 aromatic rings. The summed E-state index contributed by atoms with van der Waals surface area (Å²) in [5.41, 5.74) is -0.592. The zero-order valence-electron chi connectivity index (χ0n) is 6.97. The Morgan fingerprint density at radius 3 is 1.83 bits per heavy atom. The molecular formula is C6H11Cl3O3. The first-order valence-electron chi connectivity index (χ1n) is 3.21. The molecule has 0 aromatic heterocycles. The lowest BCUT2D eigenvalue weighted by atomic mass is 10.2. The highest BCUT2D eigenvalue weighted by molar-refractivity contribution is 6.48. The van der Waals surface area contributed by atoms with E-state index in [1.807, 2.05) is 0 Å². The van der Waals surface area contributed by atoms with Crippen LogP contribution < -0.4 is 0 Å². The van der Waals surface area contributed by atoms with E-state index in [0.717, 1.165) is 0 Å². The average Bonchev–Trinajstić information content (AvgIpc) is 1.82. The van der Waals surface area contributed by atoms with Crippen molar-refractivity contribution in [3.05, 3.63) is 0 Å². The van der Waals surface area contributed by atoms with Crippen LogP contribution in [0.25, 0.3) is 0 Å². The van der Waals surface area contributed by atoms with Crippen molar-refractivity contribution < 1.29 is 14.9 Å². The second-order valence-corrected chi connectivity index (χ2v) is 4.83. The number of rotatable bonds is 3. The van der Waals surface area contributed by atoms with Crippen molar-refractivity contribution in [2.24, 2.45) is 0 Å². The van der Waals surface area contributed by atoms with Crippen LogP contribution in [0.2, 0.25) is 0 Å². The SMILES string of the molecule is CC(C)(C)OOC(O)(Cl)C(Cl)Cl. The van der Waals surface area contributed by atoms with Gasteiger partial charge in [0.1, 0.15) is 0 Å². The van der Waals surface area contributed by atoms with Gasteiger partial charge in [-0.25, -0.2) is 4.89 Å². The fourth-order valence-electron chi connectivity index (χ4n) is 0.220. The van der Waals surface area contributed by atoms with Crippen LogP contribution in [0, 0.1) is 0 Å². The van der Waals surface area contributed by atoms with Crippen LogP contribution in [-0.2, 0) is 9.78 Å². The van der Waals surface area contributed by atoms with Crippen LogP contribution in [0.5, 0.6) is 0 Å². The zero-order chi connectivity index (χ0) is 9.99. The van der Waals surface area contributed by atoms with Gasteiger partial charge < -0.3 is 5.11 Å². The molecule has 0 amide bonds. The molecule has 1 atom stereocenters. The van der Waals surface area contributed by atoms with Crippen molar-refractivity contribution >= 4 is 34.8 Å². The van der Waals surface area contributed by atoms with Crippen LogP contribution in [-0.4, -0.2) is 20.8 Å². The first-order valence-corrected chi connectivity index (χ1v) is 4.46. The third-order valence-electron chi connectivity index (χ3n) is 0.678. The van der Waals surface area contributed by atoms with E-state index in [2.05, 4.69) is 4.89 Å². The Labute approximate surface area is 86.4 Å². The van der Waals surface area contributed by atoms with Crippen LogP contribution >= 0.6 is 34.8 Å². The van der Waals surface area contributed by atoms with Crippen molar-refractivity contribution in [1.82, 2.24) is 0 Å². The molecule has 0 aromatic carbocycles. The Balaban J connectivity index is 3.93. The van der Waals surface area contributed by atoms with Crippen molar-refractivity contribution in [2.75, 3.05) is 0 Å². The highest BCUT2D eigenvalue weighted by Gasteiger charge is 2.36. The van der Waals surface area contributed by atoms with E-state index >= 15 is 0 Å². The van der Waals surface area contributed by atoms with E-state index in [4.69, 9.17) is 44.8 Å². The Morgan fingerprint density at radius 1 is 1.17 bits per heavy atom. The Kier molecular flexibility index (Phi) is 4.58. The van der Waals surface area contributed by atoms with Crippen LogP contribution in [0.4, 0.5) is 0 Å². The lowest BCUT2D eigenvalue weighted by Crippen LogP contribution is -2.36. The number of hydrogen-bond acceptors (Lipinski definition) is 3. The zero-order valence-corrected chi connectivity index (χ0v) is 9.24. The Bertz CT molecular complexity index is 141. The minimum atomic E-state index is -2.21. The Hall–Kier alpha value is 0.750. The van der Waals surface area contributed by atoms with Gasteiger partial charge in [-0.1, -0.05) is 34.8 Å². The van der Waals surface area contributed by atoms with E-state index < -0.39 is 15.7 Å². The van der Waals surface area contributed by atoms with Crippen LogP contribution in [0.1, 0.15) is 20.8 Å². The second kappa shape index (κ2) is 4.31. The molecule has 0 bridgehead atoms. The largest absolute Gasteiger partial charge is 0.349 e. The molecular weight excluding hydrogens is 226 g/mol. The molecule has 3 nitrogen and oxygen atoms in total. The molecule has 1 N–H and O–H groups in total. The summed E-state index contributed by atoms with van der Waals surface area (Å²) in [7, 11) is 0. The van der Waals surface area contributed by atoms with E-state index in [1.165, 1.54) is 0 Å². The summed E-state index contributed by atoms with van der Waals surface area (Å²) in [5.74, 6) is 0. The van der Waals surface area contributed by atoms with E-state index in [0.29, 0.717) is 0 Å². The molecule has 12 heavy (non-hydrogen) atoms.